The zero-order valence-corrected chi connectivity index (χ0v) is 13.3. The van der Waals surface area contributed by atoms with Crippen LogP contribution in [-0.2, 0) is 22.6 Å². The molecule has 0 bridgehead atoms. The first-order valence-electron chi connectivity index (χ1n) is 7.77. The van der Waals surface area contributed by atoms with Crippen LogP contribution in [0.5, 0.6) is 0 Å². The predicted molar refractivity (Wildman–Crippen MR) is 90.8 cm³/mol. The van der Waals surface area contributed by atoms with Crippen molar-refractivity contribution in [1.29, 1.82) is 0 Å². The van der Waals surface area contributed by atoms with Crippen molar-refractivity contribution < 1.29 is 9.59 Å². The zero-order chi connectivity index (χ0) is 16.5. The van der Waals surface area contributed by atoms with Gasteiger partial charge >= 0.3 is 0 Å². The van der Waals surface area contributed by atoms with Crippen molar-refractivity contribution in [2.45, 2.75) is 26.3 Å². The van der Waals surface area contributed by atoms with E-state index in [1.807, 2.05) is 61.5 Å². The molecule has 23 heavy (non-hydrogen) atoms. The maximum absolute atomic E-state index is 11.8. The molecule has 0 atom stereocenters. The Hall–Kier alpha value is -2.62. The highest BCUT2D eigenvalue weighted by molar-refractivity contribution is 5.96. The molecule has 2 rings (SSSR count). The highest BCUT2D eigenvalue weighted by atomic mass is 16.2. The summed E-state index contributed by atoms with van der Waals surface area (Å²) in [6, 6.07) is 17.8. The minimum atomic E-state index is -0.259. The Bertz CT molecular complexity index is 653. The second-order valence-electron chi connectivity index (χ2n) is 5.47. The van der Waals surface area contributed by atoms with Crippen LogP contribution >= 0.6 is 0 Å². The number of aryl methyl sites for hydroxylation is 1. The van der Waals surface area contributed by atoms with Crippen molar-refractivity contribution in [3.05, 3.63) is 71.3 Å². The summed E-state index contributed by atoms with van der Waals surface area (Å²) in [6.07, 6.45) is 0.623. The van der Waals surface area contributed by atoms with Crippen molar-refractivity contribution >= 4 is 11.8 Å². The van der Waals surface area contributed by atoms with Crippen LogP contribution in [0.3, 0.4) is 0 Å². The van der Waals surface area contributed by atoms with Crippen molar-refractivity contribution in [3.63, 3.8) is 0 Å². The molecule has 0 heterocycles. The van der Waals surface area contributed by atoms with Crippen LogP contribution in [-0.4, -0.2) is 18.4 Å². The smallest absolute Gasteiger partial charge is 0.229 e. The Morgan fingerprint density at radius 3 is 2.26 bits per heavy atom. The third-order valence-corrected chi connectivity index (χ3v) is 3.64. The highest BCUT2D eigenvalue weighted by Gasteiger charge is 2.09. The summed E-state index contributed by atoms with van der Waals surface area (Å²) in [6.45, 7) is 2.98. The SMILES string of the molecule is Cc1ccccc1CNC(=O)CC(=O)NCCc1ccccc1. The molecule has 2 aromatic carbocycles. The standard InChI is InChI=1S/C19H22N2O2/c1-15-7-5-6-10-17(15)14-21-19(23)13-18(22)20-12-11-16-8-3-2-4-9-16/h2-10H,11-14H2,1H3,(H,20,22)(H,21,23). The number of rotatable bonds is 7. The number of benzene rings is 2. The lowest BCUT2D eigenvalue weighted by Crippen LogP contribution is -2.32. The summed E-state index contributed by atoms with van der Waals surface area (Å²) in [7, 11) is 0. The second kappa shape index (κ2) is 8.73. The Kier molecular flexibility index (Phi) is 6.36. The molecule has 2 N–H and O–H groups in total. The van der Waals surface area contributed by atoms with Crippen LogP contribution in [0.25, 0.3) is 0 Å². The van der Waals surface area contributed by atoms with Gasteiger partial charge in [0, 0.05) is 13.1 Å². The van der Waals surface area contributed by atoms with Crippen molar-refractivity contribution in [3.8, 4) is 0 Å². The molecule has 120 valence electrons. The van der Waals surface area contributed by atoms with Gasteiger partial charge in [-0.15, -0.1) is 0 Å². The number of amides is 2. The quantitative estimate of drug-likeness (QED) is 0.771. The van der Waals surface area contributed by atoms with Crippen LogP contribution in [0, 0.1) is 6.92 Å². The van der Waals surface area contributed by atoms with Gasteiger partial charge in [0.15, 0.2) is 0 Å². The van der Waals surface area contributed by atoms with Gasteiger partial charge in [-0.25, -0.2) is 0 Å². The maximum Gasteiger partial charge on any atom is 0.229 e. The molecule has 0 aliphatic rings. The minimum Gasteiger partial charge on any atom is -0.355 e. The minimum absolute atomic E-state index is 0.138. The lowest BCUT2D eigenvalue weighted by Gasteiger charge is -2.08. The van der Waals surface area contributed by atoms with Gasteiger partial charge in [-0.2, -0.15) is 0 Å². The first-order chi connectivity index (χ1) is 11.1. The van der Waals surface area contributed by atoms with E-state index in [1.165, 1.54) is 0 Å². The molecule has 0 aromatic heterocycles. The third-order valence-electron chi connectivity index (χ3n) is 3.64. The zero-order valence-electron chi connectivity index (χ0n) is 13.3. The lowest BCUT2D eigenvalue weighted by molar-refractivity contribution is -0.129. The highest BCUT2D eigenvalue weighted by Crippen LogP contribution is 2.06. The molecular weight excluding hydrogens is 288 g/mol. The van der Waals surface area contributed by atoms with E-state index in [-0.39, 0.29) is 18.2 Å². The molecule has 0 aliphatic carbocycles. The normalized spacial score (nSPS) is 10.1. The molecular formula is C19H22N2O2. The van der Waals surface area contributed by atoms with E-state index in [0.717, 1.165) is 23.1 Å². The lowest BCUT2D eigenvalue weighted by atomic mass is 10.1. The Morgan fingerprint density at radius 2 is 1.52 bits per heavy atom. The van der Waals surface area contributed by atoms with E-state index in [9.17, 15) is 9.59 Å². The number of carbonyl (C=O) groups is 2. The fourth-order valence-corrected chi connectivity index (χ4v) is 2.26. The van der Waals surface area contributed by atoms with Crippen molar-refractivity contribution in [2.24, 2.45) is 0 Å². The van der Waals surface area contributed by atoms with Gasteiger partial charge in [-0.3, -0.25) is 9.59 Å². The van der Waals surface area contributed by atoms with E-state index < -0.39 is 0 Å². The van der Waals surface area contributed by atoms with Gasteiger partial charge in [-0.1, -0.05) is 54.6 Å². The second-order valence-corrected chi connectivity index (χ2v) is 5.47. The summed E-state index contributed by atoms with van der Waals surface area (Å²) in [5.41, 5.74) is 3.35. The summed E-state index contributed by atoms with van der Waals surface area (Å²) < 4.78 is 0. The van der Waals surface area contributed by atoms with Crippen LogP contribution in [0.1, 0.15) is 23.1 Å². The van der Waals surface area contributed by atoms with Crippen LogP contribution in [0.4, 0.5) is 0 Å². The van der Waals surface area contributed by atoms with Crippen LogP contribution in [0.15, 0.2) is 54.6 Å². The number of hydrogen-bond acceptors (Lipinski definition) is 2. The molecule has 0 saturated carbocycles. The summed E-state index contributed by atoms with van der Waals surface area (Å²) >= 11 is 0. The topological polar surface area (TPSA) is 58.2 Å². The number of nitrogens with one attached hydrogen (secondary N) is 2. The Balaban J connectivity index is 1.66. The molecule has 0 spiro atoms. The molecule has 4 heteroatoms. The van der Waals surface area contributed by atoms with Crippen LogP contribution < -0.4 is 10.6 Å². The maximum atomic E-state index is 11.8. The van der Waals surface area contributed by atoms with Gasteiger partial charge in [0.1, 0.15) is 6.42 Å². The van der Waals surface area contributed by atoms with Crippen molar-refractivity contribution in [2.75, 3.05) is 6.54 Å². The third kappa shape index (κ3) is 5.94. The Morgan fingerprint density at radius 1 is 0.870 bits per heavy atom. The monoisotopic (exact) mass is 310 g/mol. The summed E-state index contributed by atoms with van der Waals surface area (Å²) in [5.74, 6) is -0.506. The molecule has 0 unspecified atom stereocenters. The predicted octanol–water partition coefficient (Wildman–Crippen LogP) is 2.36. The molecule has 0 saturated heterocycles. The first-order valence-corrected chi connectivity index (χ1v) is 7.77. The van der Waals surface area contributed by atoms with E-state index in [1.54, 1.807) is 0 Å². The number of hydrogen-bond donors (Lipinski definition) is 2. The molecule has 2 aromatic rings. The fourth-order valence-electron chi connectivity index (χ4n) is 2.26. The molecule has 0 radical (unpaired) electrons. The van der Waals surface area contributed by atoms with Gasteiger partial charge < -0.3 is 10.6 Å². The molecule has 4 nitrogen and oxygen atoms in total. The van der Waals surface area contributed by atoms with Crippen LogP contribution in [0.2, 0.25) is 0 Å². The molecule has 0 aliphatic heterocycles. The van der Waals surface area contributed by atoms with Gasteiger partial charge in [0.2, 0.25) is 11.8 Å². The molecule has 2 amide bonds. The summed E-state index contributed by atoms with van der Waals surface area (Å²) in [5, 5.41) is 5.55. The molecule has 0 fully saturated rings. The van der Waals surface area contributed by atoms with E-state index in [2.05, 4.69) is 10.6 Å². The van der Waals surface area contributed by atoms with E-state index in [4.69, 9.17) is 0 Å². The van der Waals surface area contributed by atoms with E-state index >= 15 is 0 Å². The fraction of sp³-hybridized carbons (Fsp3) is 0.263. The van der Waals surface area contributed by atoms with Crippen molar-refractivity contribution in [1.82, 2.24) is 10.6 Å². The average Bonchev–Trinajstić information content (AvgIpc) is 2.55. The first kappa shape index (κ1) is 16.7. The number of carbonyl (C=O) groups excluding carboxylic acids is 2. The van der Waals surface area contributed by atoms with Gasteiger partial charge in [0.25, 0.3) is 0 Å². The van der Waals surface area contributed by atoms with Gasteiger partial charge in [0.05, 0.1) is 0 Å². The Labute approximate surface area is 136 Å². The summed E-state index contributed by atoms with van der Waals surface area (Å²) in [4.78, 5) is 23.5. The average molecular weight is 310 g/mol. The van der Waals surface area contributed by atoms with E-state index in [0.29, 0.717) is 13.1 Å². The van der Waals surface area contributed by atoms with Gasteiger partial charge in [-0.05, 0) is 30.0 Å². The largest absolute Gasteiger partial charge is 0.355 e.